The van der Waals surface area contributed by atoms with Crippen LogP contribution >= 0.6 is 0 Å². The Labute approximate surface area is 107 Å². The van der Waals surface area contributed by atoms with Gasteiger partial charge in [0.05, 0.1) is 5.41 Å². The molecule has 0 aromatic heterocycles. The highest BCUT2D eigenvalue weighted by molar-refractivity contribution is 5.80. The van der Waals surface area contributed by atoms with Crippen LogP contribution in [0.15, 0.2) is 0 Å². The molecule has 18 heavy (non-hydrogen) atoms. The van der Waals surface area contributed by atoms with Crippen LogP contribution in [0.1, 0.15) is 32.6 Å². The molecule has 2 heterocycles. The lowest BCUT2D eigenvalue weighted by molar-refractivity contribution is -0.147. The van der Waals surface area contributed by atoms with Crippen molar-refractivity contribution in [3.05, 3.63) is 0 Å². The Morgan fingerprint density at radius 3 is 2.61 bits per heavy atom. The number of nitrogens with zero attached hydrogens (tertiary/aromatic N) is 1. The molecule has 2 fully saturated rings. The SMILES string of the molecule is CC1(C(=O)O)CCN(C(=O)CC2CCOCC2)C1. The number of hydrogen-bond donors (Lipinski definition) is 1. The van der Waals surface area contributed by atoms with Crippen LogP contribution in [0.2, 0.25) is 0 Å². The number of aliphatic carboxylic acids is 1. The van der Waals surface area contributed by atoms with E-state index in [0.29, 0.717) is 31.8 Å². The average Bonchev–Trinajstić information content (AvgIpc) is 2.75. The van der Waals surface area contributed by atoms with E-state index >= 15 is 0 Å². The number of hydrogen-bond acceptors (Lipinski definition) is 3. The van der Waals surface area contributed by atoms with Crippen molar-refractivity contribution in [2.45, 2.75) is 32.6 Å². The first kappa shape index (κ1) is 13.3. The maximum atomic E-state index is 12.1. The summed E-state index contributed by atoms with van der Waals surface area (Å²) in [6.07, 6.45) is 2.98. The molecule has 0 aromatic rings. The molecule has 5 heteroatoms. The van der Waals surface area contributed by atoms with E-state index in [9.17, 15) is 9.59 Å². The normalized spacial score (nSPS) is 29.5. The van der Waals surface area contributed by atoms with Gasteiger partial charge in [-0.3, -0.25) is 9.59 Å². The summed E-state index contributed by atoms with van der Waals surface area (Å²) in [5, 5.41) is 9.14. The van der Waals surface area contributed by atoms with Crippen LogP contribution in [0.5, 0.6) is 0 Å². The third-order valence-electron chi connectivity index (χ3n) is 4.15. The molecular weight excluding hydrogens is 234 g/mol. The predicted octanol–water partition coefficient (Wildman–Crippen LogP) is 1.13. The van der Waals surface area contributed by atoms with Crippen molar-refractivity contribution in [2.75, 3.05) is 26.3 Å². The van der Waals surface area contributed by atoms with E-state index in [1.807, 2.05) is 0 Å². The summed E-state index contributed by atoms with van der Waals surface area (Å²) in [5.74, 6) is -0.293. The van der Waals surface area contributed by atoms with E-state index in [-0.39, 0.29) is 5.91 Å². The Hall–Kier alpha value is -1.10. The molecule has 2 rings (SSSR count). The van der Waals surface area contributed by atoms with Gasteiger partial charge in [0.2, 0.25) is 5.91 Å². The second-order valence-electron chi connectivity index (χ2n) is 5.69. The molecule has 0 saturated carbocycles. The van der Waals surface area contributed by atoms with Gasteiger partial charge in [0.15, 0.2) is 0 Å². The van der Waals surface area contributed by atoms with Crippen LogP contribution in [-0.2, 0) is 14.3 Å². The minimum Gasteiger partial charge on any atom is -0.481 e. The van der Waals surface area contributed by atoms with E-state index in [1.165, 1.54) is 0 Å². The molecule has 2 aliphatic rings. The molecular formula is C13H21NO4. The number of carbonyl (C=O) groups is 2. The fourth-order valence-corrected chi connectivity index (χ4v) is 2.68. The molecule has 0 bridgehead atoms. The average molecular weight is 255 g/mol. The minimum atomic E-state index is -0.802. The van der Waals surface area contributed by atoms with Crippen molar-refractivity contribution < 1.29 is 19.4 Å². The van der Waals surface area contributed by atoms with Crippen molar-refractivity contribution in [2.24, 2.45) is 11.3 Å². The maximum absolute atomic E-state index is 12.1. The fourth-order valence-electron chi connectivity index (χ4n) is 2.68. The number of carboxylic acids is 1. The van der Waals surface area contributed by atoms with E-state index in [4.69, 9.17) is 9.84 Å². The van der Waals surface area contributed by atoms with E-state index in [1.54, 1.807) is 11.8 Å². The molecule has 0 spiro atoms. The first-order valence-electron chi connectivity index (χ1n) is 6.60. The van der Waals surface area contributed by atoms with E-state index in [2.05, 4.69) is 0 Å². The van der Waals surface area contributed by atoms with Gasteiger partial charge in [-0.2, -0.15) is 0 Å². The minimum absolute atomic E-state index is 0.104. The number of carboxylic acid groups (broad SMARTS) is 1. The van der Waals surface area contributed by atoms with Crippen molar-refractivity contribution in [3.63, 3.8) is 0 Å². The van der Waals surface area contributed by atoms with Gasteiger partial charge in [-0.1, -0.05) is 0 Å². The highest BCUT2D eigenvalue weighted by Gasteiger charge is 2.42. The topological polar surface area (TPSA) is 66.8 Å². The zero-order valence-corrected chi connectivity index (χ0v) is 10.9. The third-order valence-corrected chi connectivity index (χ3v) is 4.15. The van der Waals surface area contributed by atoms with Gasteiger partial charge in [0, 0.05) is 32.7 Å². The standard InChI is InChI=1S/C13H21NO4/c1-13(12(16)17)4-5-14(9-13)11(15)8-10-2-6-18-7-3-10/h10H,2-9H2,1H3,(H,16,17). The lowest BCUT2D eigenvalue weighted by Crippen LogP contribution is -2.36. The summed E-state index contributed by atoms with van der Waals surface area (Å²) in [4.78, 5) is 25.0. The number of ether oxygens (including phenoxy) is 1. The smallest absolute Gasteiger partial charge is 0.311 e. The third kappa shape index (κ3) is 2.83. The van der Waals surface area contributed by atoms with Gasteiger partial charge in [-0.25, -0.2) is 0 Å². The molecule has 2 aliphatic heterocycles. The molecule has 0 aliphatic carbocycles. The molecule has 1 N–H and O–H groups in total. The quantitative estimate of drug-likeness (QED) is 0.821. The Morgan fingerprint density at radius 2 is 2.06 bits per heavy atom. The number of amides is 1. The zero-order chi connectivity index (χ0) is 13.2. The Balaban J connectivity index is 1.85. The Morgan fingerprint density at radius 1 is 1.39 bits per heavy atom. The van der Waals surface area contributed by atoms with Gasteiger partial charge in [-0.05, 0) is 32.1 Å². The second kappa shape index (κ2) is 5.26. The van der Waals surface area contributed by atoms with Crippen LogP contribution in [0.3, 0.4) is 0 Å². The van der Waals surface area contributed by atoms with Crippen molar-refractivity contribution in [1.29, 1.82) is 0 Å². The summed E-state index contributed by atoms with van der Waals surface area (Å²) < 4.78 is 5.27. The van der Waals surface area contributed by atoms with Gasteiger partial charge in [0.1, 0.15) is 0 Å². The lowest BCUT2D eigenvalue weighted by Gasteiger charge is -2.25. The molecule has 102 valence electrons. The number of rotatable bonds is 3. The molecule has 0 radical (unpaired) electrons. The summed E-state index contributed by atoms with van der Waals surface area (Å²) >= 11 is 0. The highest BCUT2D eigenvalue weighted by Crippen LogP contribution is 2.31. The molecule has 5 nitrogen and oxygen atoms in total. The monoisotopic (exact) mass is 255 g/mol. The summed E-state index contributed by atoms with van der Waals surface area (Å²) in [7, 11) is 0. The van der Waals surface area contributed by atoms with Crippen LogP contribution in [0.25, 0.3) is 0 Å². The lowest BCUT2D eigenvalue weighted by atomic mass is 9.90. The first-order chi connectivity index (χ1) is 8.51. The van der Waals surface area contributed by atoms with Crippen molar-refractivity contribution in [3.8, 4) is 0 Å². The molecule has 0 aromatic carbocycles. The maximum Gasteiger partial charge on any atom is 0.311 e. The molecule has 2 saturated heterocycles. The fraction of sp³-hybridized carbons (Fsp3) is 0.846. The van der Waals surface area contributed by atoms with Gasteiger partial charge >= 0.3 is 5.97 Å². The zero-order valence-electron chi connectivity index (χ0n) is 10.9. The van der Waals surface area contributed by atoms with Crippen molar-refractivity contribution in [1.82, 2.24) is 4.90 Å². The van der Waals surface area contributed by atoms with Gasteiger partial charge in [-0.15, -0.1) is 0 Å². The molecule has 1 atom stereocenters. The summed E-state index contributed by atoms with van der Waals surface area (Å²) in [6.45, 7) is 4.13. The van der Waals surface area contributed by atoms with Crippen LogP contribution in [0, 0.1) is 11.3 Å². The molecule has 1 amide bonds. The first-order valence-corrected chi connectivity index (χ1v) is 6.60. The number of carbonyl (C=O) groups excluding carboxylic acids is 1. The van der Waals surface area contributed by atoms with Crippen LogP contribution in [0.4, 0.5) is 0 Å². The van der Waals surface area contributed by atoms with E-state index in [0.717, 1.165) is 26.1 Å². The second-order valence-corrected chi connectivity index (χ2v) is 5.69. The van der Waals surface area contributed by atoms with Gasteiger partial charge in [0.25, 0.3) is 0 Å². The Kier molecular flexibility index (Phi) is 3.90. The summed E-state index contributed by atoms with van der Waals surface area (Å²) in [6, 6.07) is 0. The van der Waals surface area contributed by atoms with Gasteiger partial charge < -0.3 is 14.7 Å². The molecule has 1 unspecified atom stereocenters. The highest BCUT2D eigenvalue weighted by atomic mass is 16.5. The predicted molar refractivity (Wildman–Crippen MR) is 65.1 cm³/mol. The largest absolute Gasteiger partial charge is 0.481 e. The Bertz CT molecular complexity index is 338. The van der Waals surface area contributed by atoms with Crippen LogP contribution < -0.4 is 0 Å². The van der Waals surface area contributed by atoms with E-state index < -0.39 is 11.4 Å². The van der Waals surface area contributed by atoms with Crippen molar-refractivity contribution >= 4 is 11.9 Å². The van der Waals surface area contributed by atoms with Crippen LogP contribution in [-0.4, -0.2) is 48.2 Å². The summed E-state index contributed by atoms with van der Waals surface area (Å²) in [5.41, 5.74) is -0.759. The number of likely N-dealkylation sites (tertiary alicyclic amines) is 1.